The van der Waals surface area contributed by atoms with Crippen molar-refractivity contribution in [2.24, 2.45) is 0 Å². The van der Waals surface area contributed by atoms with E-state index in [0.29, 0.717) is 23.1 Å². The van der Waals surface area contributed by atoms with Crippen molar-refractivity contribution in [1.82, 2.24) is 4.98 Å². The molecule has 0 amide bonds. The molecule has 1 aromatic heterocycles. The molecule has 0 aliphatic rings. The van der Waals surface area contributed by atoms with Gasteiger partial charge in [-0.1, -0.05) is 6.07 Å². The number of benzene rings is 1. The van der Waals surface area contributed by atoms with Crippen molar-refractivity contribution >= 4 is 22.7 Å². The summed E-state index contributed by atoms with van der Waals surface area (Å²) in [4.78, 5) is 15.5. The highest BCUT2D eigenvalue weighted by Gasteiger charge is 2.09. The Balaban J connectivity index is 2.37. The maximum absolute atomic E-state index is 11.1. The zero-order valence-corrected chi connectivity index (χ0v) is 10.6. The lowest BCUT2D eigenvalue weighted by Crippen LogP contribution is -2.15. The highest BCUT2D eigenvalue weighted by Crippen LogP contribution is 2.20. The van der Waals surface area contributed by atoms with Gasteiger partial charge in [-0.15, -0.1) is 12.3 Å². The van der Waals surface area contributed by atoms with Crippen LogP contribution in [0.2, 0.25) is 0 Å². The lowest BCUT2D eigenvalue weighted by atomic mass is 10.1. The molecule has 0 spiro atoms. The maximum atomic E-state index is 11.1. The van der Waals surface area contributed by atoms with Crippen molar-refractivity contribution in [3.8, 4) is 12.3 Å². The third kappa shape index (κ3) is 2.83. The predicted molar refractivity (Wildman–Crippen MR) is 75.2 cm³/mol. The summed E-state index contributed by atoms with van der Waals surface area (Å²) in [5, 5.41) is 12.9. The lowest BCUT2D eigenvalue weighted by molar-refractivity contribution is 0.0699. The van der Waals surface area contributed by atoms with Crippen LogP contribution in [0.4, 0.5) is 5.82 Å². The van der Waals surface area contributed by atoms with E-state index < -0.39 is 5.97 Å². The molecule has 1 aromatic carbocycles. The average Bonchev–Trinajstić information content (AvgIpc) is 2.37. The molecule has 0 radical (unpaired) electrons. The number of nitrogens with zero attached hydrogens (tertiary/aromatic N) is 1. The Bertz CT molecular complexity index is 659. The van der Waals surface area contributed by atoms with Gasteiger partial charge in [0.05, 0.1) is 11.1 Å². The Labute approximate surface area is 111 Å². The zero-order chi connectivity index (χ0) is 13.8. The molecule has 2 aromatic rings. The molecule has 4 nitrogen and oxygen atoms in total. The fraction of sp³-hybridized carbons (Fsp3) is 0.200. The van der Waals surface area contributed by atoms with Crippen molar-refractivity contribution < 1.29 is 9.90 Å². The van der Waals surface area contributed by atoms with Gasteiger partial charge in [0.15, 0.2) is 0 Å². The number of pyridine rings is 1. The van der Waals surface area contributed by atoms with Crippen molar-refractivity contribution in [1.29, 1.82) is 0 Å². The number of fused-ring (bicyclic) bond motifs is 1. The van der Waals surface area contributed by atoms with Crippen LogP contribution in [-0.4, -0.2) is 22.1 Å². The first kappa shape index (κ1) is 12.9. The van der Waals surface area contributed by atoms with Crippen LogP contribution in [-0.2, 0) is 0 Å². The number of hydrogen-bond acceptors (Lipinski definition) is 3. The van der Waals surface area contributed by atoms with E-state index >= 15 is 0 Å². The number of carboxylic acids is 1. The minimum Gasteiger partial charge on any atom is -0.478 e. The molecular weight excluding hydrogens is 240 g/mol. The first-order chi connectivity index (χ1) is 9.11. The molecule has 1 heterocycles. The Morgan fingerprint density at radius 1 is 1.47 bits per heavy atom. The fourth-order valence-electron chi connectivity index (χ4n) is 1.90. The van der Waals surface area contributed by atoms with Gasteiger partial charge in [0.2, 0.25) is 0 Å². The van der Waals surface area contributed by atoms with Crippen LogP contribution in [0, 0.1) is 12.3 Å². The molecule has 0 saturated carbocycles. The van der Waals surface area contributed by atoms with E-state index in [1.54, 1.807) is 30.3 Å². The standard InChI is InChI=1S/C15H14N2O2/c1-3-5-10(2)16-14-9-8-11-12(15(18)19)6-4-7-13(11)17-14/h1,4,6-10H,5H2,2H3,(H,16,17)(H,18,19). The van der Waals surface area contributed by atoms with Gasteiger partial charge in [0.1, 0.15) is 5.82 Å². The Morgan fingerprint density at radius 3 is 2.95 bits per heavy atom. The highest BCUT2D eigenvalue weighted by atomic mass is 16.4. The van der Waals surface area contributed by atoms with Crippen LogP contribution in [0.15, 0.2) is 30.3 Å². The summed E-state index contributed by atoms with van der Waals surface area (Å²) in [6.07, 6.45) is 5.86. The predicted octanol–water partition coefficient (Wildman–Crippen LogP) is 2.76. The highest BCUT2D eigenvalue weighted by molar-refractivity contribution is 6.02. The summed E-state index contributed by atoms with van der Waals surface area (Å²) >= 11 is 0. The van der Waals surface area contributed by atoms with Gasteiger partial charge in [-0.25, -0.2) is 9.78 Å². The van der Waals surface area contributed by atoms with Gasteiger partial charge in [0, 0.05) is 17.8 Å². The summed E-state index contributed by atoms with van der Waals surface area (Å²) in [7, 11) is 0. The largest absolute Gasteiger partial charge is 0.478 e. The second-order valence-electron chi connectivity index (χ2n) is 4.33. The van der Waals surface area contributed by atoms with Crippen LogP contribution in [0.1, 0.15) is 23.7 Å². The molecular formula is C15H14N2O2. The first-order valence-electron chi connectivity index (χ1n) is 5.95. The Hall–Kier alpha value is -2.54. The number of terminal acetylenes is 1. The molecule has 0 saturated heterocycles. The van der Waals surface area contributed by atoms with Crippen molar-refractivity contribution in [2.45, 2.75) is 19.4 Å². The summed E-state index contributed by atoms with van der Waals surface area (Å²) in [5.41, 5.74) is 0.908. The monoisotopic (exact) mass is 254 g/mol. The fourth-order valence-corrected chi connectivity index (χ4v) is 1.90. The summed E-state index contributed by atoms with van der Waals surface area (Å²) < 4.78 is 0. The van der Waals surface area contributed by atoms with Crippen molar-refractivity contribution in [2.75, 3.05) is 5.32 Å². The molecule has 0 fully saturated rings. The Morgan fingerprint density at radius 2 is 2.26 bits per heavy atom. The molecule has 1 unspecified atom stereocenters. The second-order valence-corrected chi connectivity index (χ2v) is 4.33. The van der Waals surface area contributed by atoms with Gasteiger partial charge in [-0.05, 0) is 31.2 Å². The van der Waals surface area contributed by atoms with E-state index in [-0.39, 0.29) is 11.6 Å². The van der Waals surface area contributed by atoms with Gasteiger partial charge >= 0.3 is 5.97 Å². The van der Waals surface area contributed by atoms with Gasteiger partial charge in [-0.2, -0.15) is 0 Å². The normalized spacial score (nSPS) is 11.8. The number of carbonyl (C=O) groups is 1. The summed E-state index contributed by atoms with van der Waals surface area (Å²) in [6.45, 7) is 1.97. The number of nitrogens with one attached hydrogen (secondary N) is 1. The SMILES string of the molecule is C#CCC(C)Nc1ccc2c(C(=O)O)cccc2n1. The number of aromatic carboxylic acids is 1. The number of anilines is 1. The van der Waals surface area contributed by atoms with E-state index in [2.05, 4.69) is 16.2 Å². The smallest absolute Gasteiger partial charge is 0.336 e. The number of aromatic nitrogens is 1. The van der Waals surface area contributed by atoms with Crippen LogP contribution >= 0.6 is 0 Å². The lowest BCUT2D eigenvalue weighted by Gasteiger charge is -2.12. The minimum atomic E-state index is -0.950. The number of carboxylic acid groups (broad SMARTS) is 1. The molecule has 0 bridgehead atoms. The van der Waals surface area contributed by atoms with Gasteiger partial charge in [0.25, 0.3) is 0 Å². The van der Waals surface area contributed by atoms with Gasteiger partial charge < -0.3 is 10.4 Å². The molecule has 0 aliphatic carbocycles. The molecule has 2 N–H and O–H groups in total. The molecule has 96 valence electrons. The first-order valence-corrected chi connectivity index (χ1v) is 5.95. The molecule has 0 aliphatic heterocycles. The maximum Gasteiger partial charge on any atom is 0.336 e. The zero-order valence-electron chi connectivity index (χ0n) is 10.6. The molecule has 1 atom stereocenters. The van der Waals surface area contributed by atoms with Crippen molar-refractivity contribution in [3.05, 3.63) is 35.9 Å². The van der Waals surface area contributed by atoms with E-state index in [1.165, 1.54) is 0 Å². The quantitative estimate of drug-likeness (QED) is 0.823. The topological polar surface area (TPSA) is 62.2 Å². The van der Waals surface area contributed by atoms with Crippen LogP contribution < -0.4 is 5.32 Å². The Kier molecular flexibility index (Phi) is 3.67. The van der Waals surface area contributed by atoms with E-state index in [4.69, 9.17) is 11.5 Å². The molecule has 19 heavy (non-hydrogen) atoms. The second kappa shape index (κ2) is 5.40. The van der Waals surface area contributed by atoms with E-state index in [1.807, 2.05) is 6.92 Å². The summed E-state index contributed by atoms with van der Waals surface area (Å²) in [5.74, 6) is 2.32. The van der Waals surface area contributed by atoms with Crippen LogP contribution in [0.3, 0.4) is 0 Å². The van der Waals surface area contributed by atoms with Gasteiger partial charge in [-0.3, -0.25) is 0 Å². The van der Waals surface area contributed by atoms with E-state index in [0.717, 1.165) is 0 Å². The average molecular weight is 254 g/mol. The minimum absolute atomic E-state index is 0.123. The van der Waals surface area contributed by atoms with Crippen molar-refractivity contribution in [3.63, 3.8) is 0 Å². The van der Waals surface area contributed by atoms with Crippen LogP contribution in [0.5, 0.6) is 0 Å². The van der Waals surface area contributed by atoms with E-state index in [9.17, 15) is 4.79 Å². The number of rotatable bonds is 4. The van der Waals surface area contributed by atoms with Crippen LogP contribution in [0.25, 0.3) is 10.9 Å². The molecule has 2 rings (SSSR count). The third-order valence-corrected chi connectivity index (χ3v) is 2.78. The summed E-state index contributed by atoms with van der Waals surface area (Å²) in [6, 6.07) is 8.70. The molecule has 4 heteroatoms. The number of hydrogen-bond donors (Lipinski definition) is 2. The third-order valence-electron chi connectivity index (χ3n) is 2.78.